The number of ketones is 1. The number of benzene rings is 2. The summed E-state index contributed by atoms with van der Waals surface area (Å²) in [6.07, 6.45) is 3.68. The van der Waals surface area contributed by atoms with Crippen LogP contribution in [0.1, 0.15) is 55.5 Å². The maximum absolute atomic E-state index is 13.8. The Labute approximate surface area is 212 Å². The second-order valence-corrected chi connectivity index (χ2v) is 12.8. The van der Waals surface area contributed by atoms with Crippen molar-refractivity contribution >= 4 is 33.3 Å². The first-order valence-electron chi connectivity index (χ1n) is 12.4. The van der Waals surface area contributed by atoms with Gasteiger partial charge in [-0.3, -0.25) is 4.79 Å². The third-order valence-corrected chi connectivity index (χ3v) is 9.91. The molecule has 7 heteroatoms. The Kier molecular flexibility index (Phi) is 6.93. The van der Waals surface area contributed by atoms with Gasteiger partial charge in [-0.15, -0.1) is 0 Å². The van der Waals surface area contributed by atoms with Crippen LogP contribution in [-0.2, 0) is 10.0 Å². The number of hydrogen-bond acceptors (Lipinski definition) is 5. The average Bonchev–Trinajstić information content (AvgIpc) is 3.16. The molecule has 1 saturated heterocycles. The minimum Gasteiger partial charge on any atom is -0.335 e. The van der Waals surface area contributed by atoms with Gasteiger partial charge in [-0.2, -0.15) is 4.31 Å². The number of nitrogens with zero attached hydrogens (tertiary/aromatic N) is 2. The highest BCUT2D eigenvalue weighted by Crippen LogP contribution is 2.44. The molecular weight excluding hydrogens is 476 g/mol. The lowest BCUT2D eigenvalue weighted by molar-refractivity contribution is 0.102. The van der Waals surface area contributed by atoms with Crippen molar-refractivity contribution in [1.82, 2.24) is 9.21 Å². The zero-order valence-corrected chi connectivity index (χ0v) is 21.9. The number of fused-ring (bicyclic) bond motifs is 1. The lowest BCUT2D eigenvalue weighted by Gasteiger charge is -2.34. The summed E-state index contributed by atoms with van der Waals surface area (Å²) in [6, 6.07) is 16.9. The van der Waals surface area contributed by atoms with Crippen LogP contribution in [0.3, 0.4) is 0 Å². The van der Waals surface area contributed by atoms with Gasteiger partial charge in [0, 0.05) is 36.2 Å². The number of thioether (sulfide) groups is 1. The fourth-order valence-electron chi connectivity index (χ4n) is 5.45. The molecule has 1 fully saturated rings. The number of Topliss-reactive ketones (excluding diaryl/α,β-unsaturated/α-hetero) is 1. The molecule has 3 aliphatic heterocycles. The highest BCUT2D eigenvalue weighted by molar-refractivity contribution is 8.06. The monoisotopic (exact) mass is 508 g/mol. The zero-order valence-electron chi connectivity index (χ0n) is 20.3. The van der Waals surface area contributed by atoms with Crippen molar-refractivity contribution in [2.45, 2.75) is 44.4 Å². The maximum atomic E-state index is 13.8. The molecule has 35 heavy (non-hydrogen) atoms. The Morgan fingerprint density at radius 2 is 1.71 bits per heavy atom. The SMILES string of the molecule is C[C@@H]1C[C@@H](C)CN(S(=O)(=O)c2cccc(C(=O)C3=C4SC=C(c5ccccc5)N4CCCC3)c2)C1. The van der Waals surface area contributed by atoms with Gasteiger partial charge in [0.2, 0.25) is 10.0 Å². The van der Waals surface area contributed by atoms with Crippen LogP contribution in [0, 0.1) is 11.8 Å². The lowest BCUT2D eigenvalue weighted by Crippen LogP contribution is -2.42. The highest BCUT2D eigenvalue weighted by atomic mass is 32.2. The maximum Gasteiger partial charge on any atom is 0.243 e. The molecule has 0 amide bonds. The fraction of sp³-hybridized carbons (Fsp3) is 0.393. The summed E-state index contributed by atoms with van der Waals surface area (Å²) in [5.41, 5.74) is 3.50. The number of allylic oxidation sites excluding steroid dienone is 1. The van der Waals surface area contributed by atoms with Gasteiger partial charge in [-0.05, 0) is 55.2 Å². The number of hydrogen-bond donors (Lipinski definition) is 0. The molecule has 2 aromatic rings. The van der Waals surface area contributed by atoms with Crippen molar-refractivity contribution in [2.75, 3.05) is 19.6 Å². The molecule has 0 aliphatic carbocycles. The van der Waals surface area contributed by atoms with Crippen molar-refractivity contribution in [3.05, 3.63) is 81.7 Å². The van der Waals surface area contributed by atoms with Crippen LogP contribution in [-0.4, -0.2) is 43.0 Å². The van der Waals surface area contributed by atoms with Crippen LogP contribution in [0.25, 0.3) is 5.70 Å². The van der Waals surface area contributed by atoms with E-state index in [0.29, 0.717) is 36.9 Å². The Hall–Kier alpha value is -2.35. The van der Waals surface area contributed by atoms with E-state index in [-0.39, 0.29) is 10.7 Å². The lowest BCUT2D eigenvalue weighted by atomic mass is 9.94. The van der Waals surface area contributed by atoms with Crippen LogP contribution in [0.4, 0.5) is 0 Å². The molecule has 0 unspecified atom stereocenters. The molecule has 0 saturated carbocycles. The van der Waals surface area contributed by atoms with E-state index in [4.69, 9.17) is 0 Å². The standard InChI is InChI=1S/C28H32N2O3S2/c1-20-15-21(2)18-29(17-20)35(32,33)24-12-8-11-23(16-24)27(31)25-13-6-7-14-30-26(19-34-28(25)30)22-9-4-3-5-10-22/h3-5,8-12,16,19-21H,6-7,13-15,17-18H2,1-2H3/t20-,21-/m1/s1. The summed E-state index contributed by atoms with van der Waals surface area (Å²) >= 11 is 1.60. The molecule has 184 valence electrons. The molecule has 5 rings (SSSR count). The van der Waals surface area contributed by atoms with Gasteiger partial charge < -0.3 is 4.90 Å². The normalized spacial score (nSPS) is 23.6. The number of sulfonamides is 1. The zero-order chi connectivity index (χ0) is 24.6. The van der Waals surface area contributed by atoms with Crippen molar-refractivity contribution in [2.24, 2.45) is 11.8 Å². The summed E-state index contributed by atoms with van der Waals surface area (Å²) in [4.78, 5) is 16.2. The number of carbonyl (C=O) groups excluding carboxylic acids is 1. The second-order valence-electron chi connectivity index (χ2n) is 10.0. The summed E-state index contributed by atoms with van der Waals surface area (Å²) < 4.78 is 28.5. The minimum absolute atomic E-state index is 0.0699. The third kappa shape index (κ3) is 4.86. The summed E-state index contributed by atoms with van der Waals surface area (Å²) in [5.74, 6) is 0.584. The number of carbonyl (C=O) groups is 1. The van der Waals surface area contributed by atoms with Gasteiger partial charge in [-0.25, -0.2) is 8.42 Å². The molecule has 0 N–H and O–H groups in total. The minimum atomic E-state index is -3.64. The second kappa shape index (κ2) is 9.96. The largest absolute Gasteiger partial charge is 0.335 e. The van der Waals surface area contributed by atoms with E-state index in [1.54, 1.807) is 40.3 Å². The Balaban J connectivity index is 1.45. The van der Waals surface area contributed by atoms with Crippen LogP contribution < -0.4 is 0 Å². The predicted molar refractivity (Wildman–Crippen MR) is 142 cm³/mol. The molecule has 0 bridgehead atoms. The number of piperidine rings is 1. The van der Waals surface area contributed by atoms with Gasteiger partial charge in [-0.1, -0.05) is 68.1 Å². The third-order valence-electron chi connectivity index (χ3n) is 7.05. The molecule has 2 atom stereocenters. The molecular formula is C28H32N2O3S2. The smallest absolute Gasteiger partial charge is 0.243 e. The number of rotatable bonds is 5. The molecule has 0 aromatic heterocycles. The van der Waals surface area contributed by atoms with Crippen molar-refractivity contribution in [1.29, 1.82) is 0 Å². The molecule has 5 nitrogen and oxygen atoms in total. The van der Waals surface area contributed by atoms with E-state index in [1.807, 2.05) is 18.2 Å². The fourth-order valence-corrected chi connectivity index (χ4v) is 8.32. The van der Waals surface area contributed by atoms with Crippen LogP contribution >= 0.6 is 11.8 Å². The molecule has 3 heterocycles. The first-order chi connectivity index (χ1) is 16.8. The van der Waals surface area contributed by atoms with E-state index in [0.717, 1.165) is 47.7 Å². The van der Waals surface area contributed by atoms with Crippen LogP contribution in [0.5, 0.6) is 0 Å². The predicted octanol–water partition coefficient (Wildman–Crippen LogP) is 5.98. The van der Waals surface area contributed by atoms with Crippen LogP contribution in [0.15, 0.2) is 75.5 Å². The highest BCUT2D eigenvalue weighted by Gasteiger charge is 2.33. The Morgan fingerprint density at radius 1 is 0.971 bits per heavy atom. The van der Waals surface area contributed by atoms with Crippen molar-refractivity contribution < 1.29 is 13.2 Å². The van der Waals surface area contributed by atoms with Gasteiger partial charge in [0.15, 0.2) is 5.78 Å². The van der Waals surface area contributed by atoms with E-state index in [1.165, 1.54) is 0 Å². The molecule has 0 radical (unpaired) electrons. The quantitative estimate of drug-likeness (QED) is 0.465. The summed E-state index contributed by atoms with van der Waals surface area (Å²) in [6.45, 7) is 6.13. The van der Waals surface area contributed by atoms with E-state index in [9.17, 15) is 13.2 Å². The van der Waals surface area contributed by atoms with E-state index in [2.05, 4.69) is 36.3 Å². The van der Waals surface area contributed by atoms with E-state index < -0.39 is 10.0 Å². The van der Waals surface area contributed by atoms with Gasteiger partial charge in [0.1, 0.15) is 0 Å². The van der Waals surface area contributed by atoms with Gasteiger partial charge in [0.25, 0.3) is 0 Å². The molecule has 2 aromatic carbocycles. The molecule has 0 spiro atoms. The Bertz CT molecular complexity index is 1270. The topological polar surface area (TPSA) is 57.7 Å². The summed E-state index contributed by atoms with van der Waals surface area (Å²) in [7, 11) is -3.64. The van der Waals surface area contributed by atoms with Gasteiger partial charge >= 0.3 is 0 Å². The van der Waals surface area contributed by atoms with Gasteiger partial charge in [0.05, 0.1) is 15.6 Å². The van der Waals surface area contributed by atoms with Crippen LogP contribution in [0.2, 0.25) is 0 Å². The van der Waals surface area contributed by atoms with E-state index >= 15 is 0 Å². The Morgan fingerprint density at radius 3 is 2.46 bits per heavy atom. The first kappa shape index (κ1) is 24.3. The summed E-state index contributed by atoms with van der Waals surface area (Å²) in [5, 5.41) is 3.11. The van der Waals surface area contributed by atoms with Crippen molar-refractivity contribution in [3.8, 4) is 0 Å². The molecule has 3 aliphatic rings. The average molecular weight is 509 g/mol. The first-order valence-corrected chi connectivity index (χ1v) is 14.7. The van der Waals surface area contributed by atoms with Crippen molar-refractivity contribution in [3.63, 3.8) is 0 Å².